The lowest BCUT2D eigenvalue weighted by molar-refractivity contribution is 0.288. The zero-order chi connectivity index (χ0) is 12.0. The molecule has 2 saturated carbocycles. The molecule has 2 bridgehead atoms. The van der Waals surface area contributed by atoms with Gasteiger partial charge < -0.3 is 0 Å². The number of halogens is 1. The number of hydrogen-bond donors (Lipinski definition) is 1. The van der Waals surface area contributed by atoms with E-state index in [1.165, 1.54) is 36.3 Å². The smallest absolute Gasteiger partial charge is 0.298 e. The molecule has 92 valence electrons. The van der Waals surface area contributed by atoms with E-state index in [1.807, 2.05) is 0 Å². The quantitative estimate of drug-likeness (QED) is 0.816. The number of nitrogens with zero attached hydrogens (tertiary/aromatic N) is 1. The molecule has 2 aliphatic rings. The lowest BCUT2D eigenvalue weighted by Crippen LogP contribution is -2.37. The molecule has 0 aromatic carbocycles. The van der Waals surface area contributed by atoms with Crippen molar-refractivity contribution in [2.45, 2.75) is 32.2 Å². The van der Waals surface area contributed by atoms with Gasteiger partial charge in [0.05, 0.1) is 0 Å². The van der Waals surface area contributed by atoms with Crippen LogP contribution in [0.4, 0.5) is 0 Å². The van der Waals surface area contributed by atoms with Gasteiger partial charge in [-0.25, -0.2) is 4.79 Å². The molecule has 0 amide bonds. The lowest BCUT2D eigenvalue weighted by Gasteiger charge is -2.21. The first-order valence-electron chi connectivity index (χ1n) is 6.13. The highest BCUT2D eigenvalue weighted by Gasteiger charge is 2.39. The molecule has 1 aromatic rings. The van der Waals surface area contributed by atoms with Crippen LogP contribution in [0.2, 0.25) is 5.15 Å². The molecule has 0 spiro atoms. The maximum Gasteiger partial charge on any atom is 0.329 e. The standard InChI is InChI=1S/C12H15ClN2O2/c13-10-5-11(16)15(12(17)14-10)6-9-4-7-1-2-8(9)3-7/h5,7-9H,1-4,6H2,(H,14,17). The summed E-state index contributed by atoms with van der Waals surface area (Å²) in [6.07, 6.45) is 5.03. The summed E-state index contributed by atoms with van der Waals surface area (Å²) in [5, 5.41) is 0.115. The van der Waals surface area contributed by atoms with E-state index in [1.54, 1.807) is 0 Å². The van der Waals surface area contributed by atoms with Gasteiger partial charge in [-0.15, -0.1) is 0 Å². The van der Waals surface area contributed by atoms with Gasteiger partial charge in [-0.2, -0.15) is 0 Å². The molecule has 5 heteroatoms. The van der Waals surface area contributed by atoms with Crippen molar-refractivity contribution in [2.75, 3.05) is 0 Å². The van der Waals surface area contributed by atoms with Crippen molar-refractivity contribution < 1.29 is 0 Å². The highest BCUT2D eigenvalue weighted by molar-refractivity contribution is 6.29. The maximum atomic E-state index is 11.7. The van der Waals surface area contributed by atoms with Gasteiger partial charge in [0.15, 0.2) is 0 Å². The van der Waals surface area contributed by atoms with E-state index < -0.39 is 0 Å². The van der Waals surface area contributed by atoms with Crippen LogP contribution in [0.3, 0.4) is 0 Å². The van der Waals surface area contributed by atoms with Crippen LogP contribution in [0.1, 0.15) is 25.7 Å². The van der Waals surface area contributed by atoms with E-state index in [0.29, 0.717) is 18.4 Å². The van der Waals surface area contributed by atoms with Gasteiger partial charge in [0.2, 0.25) is 0 Å². The summed E-state index contributed by atoms with van der Waals surface area (Å²) in [5.41, 5.74) is -0.674. The van der Waals surface area contributed by atoms with E-state index in [2.05, 4.69) is 4.98 Å². The average Bonchev–Trinajstić information content (AvgIpc) is 2.84. The van der Waals surface area contributed by atoms with Gasteiger partial charge in [-0.05, 0) is 37.0 Å². The summed E-state index contributed by atoms with van der Waals surface area (Å²) in [4.78, 5) is 25.9. The SMILES string of the molecule is O=c1cc(Cl)[nH]c(=O)n1CC1CC2CCC1C2. The van der Waals surface area contributed by atoms with Gasteiger partial charge in [-0.3, -0.25) is 14.3 Å². The van der Waals surface area contributed by atoms with Crippen LogP contribution in [0.15, 0.2) is 15.7 Å². The van der Waals surface area contributed by atoms with Crippen LogP contribution in [-0.2, 0) is 6.54 Å². The van der Waals surface area contributed by atoms with Crippen LogP contribution in [0.25, 0.3) is 0 Å². The second-order valence-electron chi connectivity index (χ2n) is 5.31. The third-order valence-electron chi connectivity index (χ3n) is 4.29. The summed E-state index contributed by atoms with van der Waals surface area (Å²) in [6, 6.07) is 1.27. The van der Waals surface area contributed by atoms with E-state index in [9.17, 15) is 9.59 Å². The van der Waals surface area contributed by atoms with Crippen molar-refractivity contribution in [2.24, 2.45) is 17.8 Å². The number of aromatic nitrogens is 2. The molecule has 1 heterocycles. The minimum atomic E-state index is -0.384. The van der Waals surface area contributed by atoms with Crippen LogP contribution in [0.5, 0.6) is 0 Å². The highest BCUT2D eigenvalue weighted by Crippen LogP contribution is 2.48. The lowest BCUT2D eigenvalue weighted by atomic mass is 9.89. The average molecular weight is 255 g/mol. The van der Waals surface area contributed by atoms with Crippen molar-refractivity contribution in [3.63, 3.8) is 0 Å². The fourth-order valence-corrected chi connectivity index (χ4v) is 3.67. The number of nitrogens with one attached hydrogen (secondary N) is 1. The monoisotopic (exact) mass is 254 g/mol. The summed E-state index contributed by atoms with van der Waals surface area (Å²) in [7, 11) is 0. The summed E-state index contributed by atoms with van der Waals surface area (Å²) < 4.78 is 1.29. The number of rotatable bonds is 2. The molecule has 0 aliphatic heterocycles. The molecule has 0 radical (unpaired) electrons. The molecular weight excluding hydrogens is 240 g/mol. The third-order valence-corrected chi connectivity index (χ3v) is 4.49. The summed E-state index contributed by atoms with van der Waals surface area (Å²) >= 11 is 5.63. The molecular formula is C12H15ClN2O2. The second-order valence-corrected chi connectivity index (χ2v) is 5.71. The molecule has 3 atom stereocenters. The number of fused-ring (bicyclic) bond motifs is 2. The van der Waals surface area contributed by atoms with Crippen molar-refractivity contribution in [3.8, 4) is 0 Å². The Kier molecular flexibility index (Phi) is 2.62. The first kappa shape index (κ1) is 11.1. The fourth-order valence-electron chi connectivity index (χ4n) is 3.50. The number of H-pyrrole nitrogens is 1. The van der Waals surface area contributed by atoms with Gasteiger partial charge in [-0.1, -0.05) is 18.0 Å². The van der Waals surface area contributed by atoms with Gasteiger partial charge in [0, 0.05) is 12.6 Å². The topological polar surface area (TPSA) is 54.9 Å². The molecule has 0 saturated heterocycles. The van der Waals surface area contributed by atoms with Crippen molar-refractivity contribution >= 4 is 11.6 Å². The Morgan fingerprint density at radius 3 is 2.76 bits per heavy atom. The fraction of sp³-hybridized carbons (Fsp3) is 0.667. The minimum Gasteiger partial charge on any atom is -0.298 e. The normalized spacial score (nSPS) is 31.0. The van der Waals surface area contributed by atoms with Crippen molar-refractivity contribution in [1.29, 1.82) is 0 Å². The van der Waals surface area contributed by atoms with Crippen LogP contribution >= 0.6 is 11.6 Å². The van der Waals surface area contributed by atoms with Gasteiger partial charge >= 0.3 is 5.69 Å². The molecule has 1 aromatic heterocycles. The molecule has 3 rings (SSSR count). The van der Waals surface area contributed by atoms with E-state index in [-0.39, 0.29) is 16.4 Å². The molecule has 2 fully saturated rings. The Bertz CT molecular complexity index is 517. The minimum absolute atomic E-state index is 0.115. The predicted octanol–water partition coefficient (Wildman–Crippen LogP) is 1.63. The van der Waals surface area contributed by atoms with Crippen LogP contribution < -0.4 is 11.2 Å². The van der Waals surface area contributed by atoms with E-state index in [0.717, 1.165) is 5.92 Å². The van der Waals surface area contributed by atoms with Crippen molar-refractivity contribution in [1.82, 2.24) is 9.55 Å². The van der Waals surface area contributed by atoms with E-state index >= 15 is 0 Å². The summed E-state index contributed by atoms with van der Waals surface area (Å²) in [6.45, 7) is 0.548. The molecule has 17 heavy (non-hydrogen) atoms. The first-order chi connectivity index (χ1) is 8.13. The molecule has 2 aliphatic carbocycles. The molecule has 1 N–H and O–H groups in total. The first-order valence-corrected chi connectivity index (χ1v) is 6.51. The number of hydrogen-bond acceptors (Lipinski definition) is 2. The Balaban J connectivity index is 1.87. The highest BCUT2D eigenvalue weighted by atomic mass is 35.5. The largest absolute Gasteiger partial charge is 0.329 e. The zero-order valence-electron chi connectivity index (χ0n) is 9.49. The van der Waals surface area contributed by atoms with Crippen LogP contribution in [0, 0.1) is 17.8 Å². The maximum absolute atomic E-state index is 11.7. The van der Waals surface area contributed by atoms with Crippen molar-refractivity contribution in [3.05, 3.63) is 32.1 Å². The van der Waals surface area contributed by atoms with Crippen LogP contribution in [-0.4, -0.2) is 9.55 Å². The Morgan fingerprint density at radius 1 is 1.35 bits per heavy atom. The molecule has 4 nitrogen and oxygen atoms in total. The Morgan fingerprint density at radius 2 is 2.18 bits per heavy atom. The third kappa shape index (κ3) is 1.95. The second kappa shape index (κ2) is 4.02. The van der Waals surface area contributed by atoms with Gasteiger partial charge in [0.1, 0.15) is 5.15 Å². The Labute approximate surface area is 104 Å². The van der Waals surface area contributed by atoms with Gasteiger partial charge in [0.25, 0.3) is 5.56 Å². The van der Waals surface area contributed by atoms with E-state index in [4.69, 9.17) is 11.6 Å². The Hall–Kier alpha value is -1.03. The number of aromatic amines is 1. The predicted molar refractivity (Wildman–Crippen MR) is 65.3 cm³/mol. The molecule has 3 unspecified atom stereocenters. The zero-order valence-corrected chi connectivity index (χ0v) is 10.2. The summed E-state index contributed by atoms with van der Waals surface area (Å²) in [5.74, 6) is 2.03.